The number of ether oxygens (including phenoxy) is 2. The summed E-state index contributed by atoms with van der Waals surface area (Å²) in [5.41, 5.74) is 4.44. The minimum atomic E-state index is -0.965. The van der Waals surface area contributed by atoms with Crippen molar-refractivity contribution in [1.29, 1.82) is 0 Å². The van der Waals surface area contributed by atoms with Crippen LogP contribution >= 0.6 is 0 Å². The van der Waals surface area contributed by atoms with Crippen molar-refractivity contribution < 1.29 is 29.6 Å². The molecule has 3 N–H and O–H groups in total. The van der Waals surface area contributed by atoms with Gasteiger partial charge >= 0.3 is 5.97 Å². The summed E-state index contributed by atoms with van der Waals surface area (Å²) in [4.78, 5) is 11.3. The zero-order valence-corrected chi connectivity index (χ0v) is 26.1. The molecule has 0 bridgehead atoms. The lowest BCUT2D eigenvalue weighted by Gasteiger charge is -2.57. The molecule has 2 aromatic carbocycles. The van der Waals surface area contributed by atoms with E-state index in [0.717, 1.165) is 44.1 Å². The Bertz CT molecular complexity index is 1550. The molecule has 1 heterocycles. The molecule has 4 aliphatic carbocycles. The minimum Gasteiger partial charge on any atom is -0.478 e. The van der Waals surface area contributed by atoms with Gasteiger partial charge in [-0.3, -0.25) is 0 Å². The summed E-state index contributed by atoms with van der Waals surface area (Å²) in [6, 6.07) is 15.1. The minimum absolute atomic E-state index is 0.0223. The van der Waals surface area contributed by atoms with Gasteiger partial charge in [0, 0.05) is 35.3 Å². The van der Waals surface area contributed by atoms with E-state index in [-0.39, 0.29) is 28.4 Å². The van der Waals surface area contributed by atoms with E-state index in [0.29, 0.717) is 43.5 Å². The van der Waals surface area contributed by atoms with Crippen molar-refractivity contribution in [2.45, 2.75) is 95.5 Å². The molecule has 4 fully saturated rings. The van der Waals surface area contributed by atoms with Gasteiger partial charge in [-0.05, 0) is 97.2 Å². The third-order valence-corrected chi connectivity index (χ3v) is 11.6. The molecule has 7 rings (SSSR count). The molecule has 6 heteroatoms. The molecule has 1 saturated heterocycles. The van der Waals surface area contributed by atoms with Crippen LogP contribution in [0.25, 0.3) is 0 Å². The van der Waals surface area contributed by atoms with E-state index in [1.54, 1.807) is 18.2 Å². The number of allylic oxidation sites excluding steroid dienone is 1. The van der Waals surface area contributed by atoms with Crippen LogP contribution in [0.2, 0.25) is 0 Å². The summed E-state index contributed by atoms with van der Waals surface area (Å²) >= 11 is 0. The first-order chi connectivity index (χ1) is 20.9. The molecule has 44 heavy (non-hydrogen) atoms. The second-order valence-electron chi connectivity index (χ2n) is 15.2. The molecule has 0 aromatic heterocycles. The molecule has 1 spiro atoms. The third-order valence-electron chi connectivity index (χ3n) is 11.6. The third kappa shape index (κ3) is 5.03. The number of carboxylic acids is 1. The van der Waals surface area contributed by atoms with Crippen LogP contribution in [0.4, 0.5) is 0 Å². The average molecular weight is 597 g/mol. The van der Waals surface area contributed by atoms with Crippen molar-refractivity contribution in [1.82, 2.24) is 0 Å². The van der Waals surface area contributed by atoms with Crippen molar-refractivity contribution >= 4 is 5.97 Å². The monoisotopic (exact) mass is 596 g/mol. The maximum atomic E-state index is 12.4. The zero-order chi connectivity index (χ0) is 30.9. The standard InChI is InChI=1S/C38H44O6/c1-35(2)22-43-38(44-23-35)18-16-31-33-28(15-17-37(31,42)21-38)30-13-14-32(39)36(30,3)20-29(33)26-11-9-24(10-12-26)7-8-25-5-4-6-27(19-25)34(40)41/h4-6,9-12,19,28-30,32,39,42H,13-18,20-23H2,1-3H3,(H,40,41)/t28?,29-,30?,32?,36+,37?/m1/s1. The normalized spacial score (nSPS) is 35.2. The summed E-state index contributed by atoms with van der Waals surface area (Å²) < 4.78 is 12.8. The van der Waals surface area contributed by atoms with E-state index >= 15 is 0 Å². The Balaban J connectivity index is 1.22. The van der Waals surface area contributed by atoms with Gasteiger partial charge in [0.1, 0.15) is 0 Å². The lowest BCUT2D eigenvalue weighted by atomic mass is 9.51. The first kappa shape index (κ1) is 29.7. The largest absolute Gasteiger partial charge is 0.478 e. The van der Waals surface area contributed by atoms with Crippen LogP contribution in [0, 0.1) is 34.5 Å². The quantitative estimate of drug-likeness (QED) is 0.273. The fourth-order valence-electron chi connectivity index (χ4n) is 9.20. The van der Waals surface area contributed by atoms with Crippen LogP contribution < -0.4 is 0 Å². The number of aliphatic hydroxyl groups excluding tert-OH is 1. The summed E-state index contributed by atoms with van der Waals surface area (Å²) in [6.07, 6.45) is 6.07. The van der Waals surface area contributed by atoms with Crippen LogP contribution in [-0.4, -0.2) is 52.0 Å². The second-order valence-corrected chi connectivity index (χ2v) is 15.2. The first-order valence-electron chi connectivity index (χ1n) is 16.3. The Kier molecular flexibility index (Phi) is 7.14. The van der Waals surface area contributed by atoms with E-state index in [1.807, 2.05) is 18.2 Å². The maximum absolute atomic E-state index is 12.4. The fourth-order valence-corrected chi connectivity index (χ4v) is 9.20. The van der Waals surface area contributed by atoms with Gasteiger partial charge < -0.3 is 24.8 Å². The number of aromatic carboxylic acids is 1. The number of aliphatic hydroxyl groups is 2. The number of hydrogen-bond acceptors (Lipinski definition) is 5. The van der Waals surface area contributed by atoms with Gasteiger partial charge in [0.05, 0.1) is 30.5 Å². The summed E-state index contributed by atoms with van der Waals surface area (Å²) in [5, 5.41) is 32.9. The Morgan fingerprint density at radius 2 is 1.66 bits per heavy atom. The fraction of sp³-hybridized carbons (Fsp3) is 0.553. The molecule has 3 saturated carbocycles. The van der Waals surface area contributed by atoms with Crippen LogP contribution in [-0.2, 0) is 9.47 Å². The number of rotatable bonds is 2. The van der Waals surface area contributed by atoms with Gasteiger partial charge in [-0.2, -0.15) is 0 Å². The van der Waals surface area contributed by atoms with Gasteiger partial charge in [0.25, 0.3) is 0 Å². The highest BCUT2D eigenvalue weighted by molar-refractivity contribution is 5.88. The number of carbonyl (C=O) groups is 1. The molecule has 232 valence electrons. The van der Waals surface area contributed by atoms with Crippen LogP contribution in [0.15, 0.2) is 59.7 Å². The van der Waals surface area contributed by atoms with Gasteiger partial charge in [0.2, 0.25) is 0 Å². The van der Waals surface area contributed by atoms with Crippen LogP contribution in [0.1, 0.15) is 105 Å². The molecule has 0 amide bonds. The Hall–Kier alpha value is -2.95. The van der Waals surface area contributed by atoms with Crippen molar-refractivity contribution in [3.63, 3.8) is 0 Å². The first-order valence-corrected chi connectivity index (χ1v) is 16.3. The second kappa shape index (κ2) is 10.6. The highest BCUT2D eigenvalue weighted by Crippen LogP contribution is 2.65. The van der Waals surface area contributed by atoms with Crippen LogP contribution in [0.3, 0.4) is 0 Å². The maximum Gasteiger partial charge on any atom is 0.335 e. The van der Waals surface area contributed by atoms with Crippen molar-refractivity contribution in [3.05, 3.63) is 81.9 Å². The van der Waals surface area contributed by atoms with E-state index in [1.165, 1.54) is 16.7 Å². The molecule has 0 radical (unpaired) electrons. The number of benzene rings is 2. The molecule has 5 aliphatic rings. The number of carboxylic acid groups (broad SMARTS) is 1. The van der Waals surface area contributed by atoms with Crippen LogP contribution in [0.5, 0.6) is 0 Å². The lowest BCUT2D eigenvalue weighted by Crippen LogP contribution is -2.57. The average Bonchev–Trinajstić information content (AvgIpc) is 3.31. The zero-order valence-electron chi connectivity index (χ0n) is 26.1. The molecule has 6 nitrogen and oxygen atoms in total. The predicted molar refractivity (Wildman–Crippen MR) is 167 cm³/mol. The van der Waals surface area contributed by atoms with Crippen molar-refractivity contribution in [2.75, 3.05) is 13.2 Å². The Morgan fingerprint density at radius 1 is 0.932 bits per heavy atom. The van der Waals surface area contributed by atoms with Gasteiger partial charge in [-0.15, -0.1) is 0 Å². The van der Waals surface area contributed by atoms with E-state index in [9.17, 15) is 20.1 Å². The molecular weight excluding hydrogens is 552 g/mol. The molecule has 2 aromatic rings. The number of hydrogen-bond donors (Lipinski definition) is 3. The molecular formula is C38H44O6. The summed E-state index contributed by atoms with van der Waals surface area (Å²) in [7, 11) is 0. The highest BCUT2D eigenvalue weighted by Gasteiger charge is 2.60. The number of fused-ring (bicyclic) bond motifs is 4. The smallest absolute Gasteiger partial charge is 0.335 e. The Morgan fingerprint density at radius 3 is 2.39 bits per heavy atom. The van der Waals surface area contributed by atoms with E-state index in [2.05, 4.69) is 44.7 Å². The SMILES string of the molecule is CC1(C)COC2(CCC3=C4C(CCC3(O)C2)C2CCC(O)[C@@]2(C)C[C@@H]4c2ccc(C#Cc3cccc(C(=O)O)c3)cc2)OC1. The van der Waals surface area contributed by atoms with Crippen molar-refractivity contribution in [2.24, 2.45) is 22.7 Å². The molecule has 6 atom stereocenters. The summed E-state index contributed by atoms with van der Waals surface area (Å²) in [6.45, 7) is 7.88. The predicted octanol–water partition coefficient (Wildman–Crippen LogP) is 6.44. The molecule has 1 aliphatic heterocycles. The topological polar surface area (TPSA) is 96.2 Å². The van der Waals surface area contributed by atoms with Gasteiger partial charge in [-0.1, -0.05) is 56.4 Å². The van der Waals surface area contributed by atoms with E-state index < -0.39 is 17.4 Å². The van der Waals surface area contributed by atoms with Gasteiger partial charge in [0.15, 0.2) is 5.79 Å². The highest BCUT2D eigenvalue weighted by atomic mass is 16.7. The summed E-state index contributed by atoms with van der Waals surface area (Å²) in [5.74, 6) is 5.51. The molecule has 4 unspecified atom stereocenters. The van der Waals surface area contributed by atoms with Gasteiger partial charge in [-0.25, -0.2) is 4.79 Å². The Labute approximate surface area is 260 Å². The van der Waals surface area contributed by atoms with E-state index in [4.69, 9.17) is 9.47 Å². The van der Waals surface area contributed by atoms with Crippen molar-refractivity contribution in [3.8, 4) is 11.8 Å². The lowest BCUT2D eigenvalue weighted by molar-refractivity contribution is -0.322.